The second-order valence-corrected chi connectivity index (χ2v) is 4.14. The first-order chi connectivity index (χ1) is 7.33. The number of rotatable bonds is 6. The number of hydrogen-bond donors (Lipinski definition) is 1. The van der Waals surface area contributed by atoms with E-state index in [1.54, 1.807) is 0 Å². The summed E-state index contributed by atoms with van der Waals surface area (Å²) in [5.74, 6) is 2.70. The van der Waals surface area contributed by atoms with Crippen LogP contribution in [0.15, 0.2) is 0 Å². The lowest BCUT2D eigenvalue weighted by Gasteiger charge is -2.14. The highest BCUT2D eigenvalue weighted by Gasteiger charge is 2.16. The molecule has 82 valence electrons. The largest absolute Gasteiger partial charge is 0.308 e. The Morgan fingerprint density at radius 2 is 2.33 bits per heavy atom. The van der Waals surface area contributed by atoms with E-state index in [-0.39, 0.29) is 6.04 Å². The Morgan fingerprint density at radius 1 is 1.53 bits per heavy atom. The molecule has 3 nitrogen and oxygen atoms in total. The van der Waals surface area contributed by atoms with Crippen LogP contribution in [0.25, 0.3) is 0 Å². The molecule has 1 N–H and O–H groups in total. The van der Waals surface area contributed by atoms with E-state index in [0.717, 1.165) is 25.1 Å². The second kappa shape index (κ2) is 6.54. The molecule has 1 atom stereocenters. The van der Waals surface area contributed by atoms with Gasteiger partial charge in [0, 0.05) is 6.42 Å². The molecule has 1 rings (SSSR count). The van der Waals surface area contributed by atoms with E-state index < -0.39 is 0 Å². The summed E-state index contributed by atoms with van der Waals surface area (Å²) in [6.07, 6.45) is 8.10. The van der Waals surface area contributed by atoms with Crippen molar-refractivity contribution in [3.8, 4) is 12.3 Å². The van der Waals surface area contributed by atoms with Crippen LogP contribution in [0, 0.1) is 12.3 Å². The molecule has 0 spiro atoms. The lowest BCUT2D eigenvalue weighted by molar-refractivity contribution is 0.545. The van der Waals surface area contributed by atoms with Crippen LogP contribution in [0.4, 0.5) is 0 Å². The van der Waals surface area contributed by atoms with E-state index >= 15 is 0 Å². The summed E-state index contributed by atoms with van der Waals surface area (Å²) in [5.41, 5.74) is 1.07. The molecular formula is C11H17N3S. The molecule has 0 amide bonds. The molecule has 4 heteroatoms. The van der Waals surface area contributed by atoms with Gasteiger partial charge in [0.05, 0.1) is 16.6 Å². The molecule has 0 bridgehead atoms. The van der Waals surface area contributed by atoms with Gasteiger partial charge in [-0.1, -0.05) is 18.3 Å². The van der Waals surface area contributed by atoms with Gasteiger partial charge in [-0.15, -0.1) is 17.4 Å². The highest BCUT2D eigenvalue weighted by atomic mass is 32.1. The first kappa shape index (κ1) is 12.2. The van der Waals surface area contributed by atoms with Crippen molar-refractivity contribution in [1.82, 2.24) is 14.9 Å². The minimum absolute atomic E-state index is 0.227. The Labute approximate surface area is 95.5 Å². The number of hydrogen-bond acceptors (Lipinski definition) is 4. The number of nitrogens with one attached hydrogen (secondary N) is 1. The van der Waals surface area contributed by atoms with Gasteiger partial charge in [-0.2, -0.15) is 0 Å². The zero-order valence-electron chi connectivity index (χ0n) is 9.29. The maximum Gasteiger partial charge on any atom is 0.0801 e. The van der Waals surface area contributed by atoms with Crippen molar-refractivity contribution in [3.05, 3.63) is 10.6 Å². The maximum atomic E-state index is 5.37. The Balaban J connectivity index is 2.74. The van der Waals surface area contributed by atoms with Crippen LogP contribution in [-0.2, 0) is 6.42 Å². The van der Waals surface area contributed by atoms with Gasteiger partial charge in [-0.3, -0.25) is 0 Å². The summed E-state index contributed by atoms with van der Waals surface area (Å²) in [6.45, 7) is 5.21. The fourth-order valence-electron chi connectivity index (χ4n) is 1.42. The van der Waals surface area contributed by atoms with Gasteiger partial charge < -0.3 is 5.32 Å². The summed E-state index contributed by atoms with van der Waals surface area (Å²) >= 11 is 1.45. The predicted molar refractivity (Wildman–Crippen MR) is 63.8 cm³/mol. The van der Waals surface area contributed by atoms with Gasteiger partial charge >= 0.3 is 0 Å². The van der Waals surface area contributed by atoms with Crippen molar-refractivity contribution in [2.24, 2.45) is 0 Å². The van der Waals surface area contributed by atoms with Crippen LogP contribution in [-0.4, -0.2) is 16.1 Å². The Hall–Kier alpha value is -0.920. The quantitative estimate of drug-likeness (QED) is 0.751. The van der Waals surface area contributed by atoms with Crippen molar-refractivity contribution in [2.75, 3.05) is 6.54 Å². The van der Waals surface area contributed by atoms with Crippen LogP contribution in [0.3, 0.4) is 0 Å². The molecule has 1 aromatic heterocycles. The SMILES string of the molecule is C#CCC(NCCC)c1snnc1CC. The van der Waals surface area contributed by atoms with E-state index in [1.165, 1.54) is 16.4 Å². The third-order valence-corrected chi connectivity index (χ3v) is 3.08. The Bertz CT molecular complexity index is 327. The Kier molecular flexibility index (Phi) is 5.30. The van der Waals surface area contributed by atoms with E-state index in [2.05, 4.69) is 34.7 Å². The van der Waals surface area contributed by atoms with E-state index in [9.17, 15) is 0 Å². The van der Waals surface area contributed by atoms with Gasteiger partial charge in [0.1, 0.15) is 0 Å². The summed E-state index contributed by atoms with van der Waals surface area (Å²) < 4.78 is 3.99. The molecule has 0 saturated heterocycles. The van der Waals surface area contributed by atoms with Gasteiger partial charge in [-0.05, 0) is 30.9 Å². The molecular weight excluding hydrogens is 206 g/mol. The molecule has 0 aliphatic heterocycles. The first-order valence-corrected chi connectivity index (χ1v) is 6.08. The van der Waals surface area contributed by atoms with Gasteiger partial charge in [0.15, 0.2) is 0 Å². The monoisotopic (exact) mass is 223 g/mol. The topological polar surface area (TPSA) is 37.8 Å². The lowest BCUT2D eigenvalue weighted by atomic mass is 10.1. The van der Waals surface area contributed by atoms with Crippen LogP contribution in [0.1, 0.15) is 43.3 Å². The van der Waals surface area contributed by atoms with Crippen molar-refractivity contribution in [1.29, 1.82) is 0 Å². The fraction of sp³-hybridized carbons (Fsp3) is 0.636. The van der Waals surface area contributed by atoms with Crippen molar-refractivity contribution >= 4 is 11.5 Å². The lowest BCUT2D eigenvalue weighted by Crippen LogP contribution is -2.21. The molecule has 1 heterocycles. The summed E-state index contributed by atoms with van der Waals surface area (Å²) in [6, 6.07) is 0.227. The number of terminal acetylenes is 1. The van der Waals surface area contributed by atoms with Crippen molar-refractivity contribution < 1.29 is 0 Å². The molecule has 0 saturated carbocycles. The third kappa shape index (κ3) is 3.29. The zero-order valence-corrected chi connectivity index (χ0v) is 10.1. The van der Waals surface area contributed by atoms with Crippen LogP contribution in [0.5, 0.6) is 0 Å². The normalized spacial score (nSPS) is 12.3. The molecule has 0 aliphatic rings. The van der Waals surface area contributed by atoms with Gasteiger partial charge in [0.25, 0.3) is 0 Å². The first-order valence-electron chi connectivity index (χ1n) is 5.31. The summed E-state index contributed by atoms with van der Waals surface area (Å²) in [4.78, 5) is 1.20. The van der Waals surface area contributed by atoms with Crippen molar-refractivity contribution in [2.45, 2.75) is 39.2 Å². The van der Waals surface area contributed by atoms with Gasteiger partial charge in [0.2, 0.25) is 0 Å². The average Bonchev–Trinajstić information content (AvgIpc) is 2.72. The minimum atomic E-state index is 0.227. The highest BCUT2D eigenvalue weighted by molar-refractivity contribution is 7.05. The molecule has 0 aromatic carbocycles. The number of aryl methyl sites for hydroxylation is 1. The smallest absolute Gasteiger partial charge is 0.0801 e. The molecule has 15 heavy (non-hydrogen) atoms. The second-order valence-electron chi connectivity index (χ2n) is 3.35. The van der Waals surface area contributed by atoms with Crippen LogP contribution < -0.4 is 5.32 Å². The molecule has 0 radical (unpaired) electrons. The number of nitrogens with zero attached hydrogens (tertiary/aromatic N) is 2. The minimum Gasteiger partial charge on any atom is -0.308 e. The molecule has 0 fully saturated rings. The predicted octanol–water partition coefficient (Wildman–Crippen LogP) is 2.16. The zero-order chi connectivity index (χ0) is 11.1. The standard InChI is InChI=1S/C11H17N3S/c1-4-7-10(12-8-5-2)11-9(6-3)13-14-15-11/h1,10,12H,5-8H2,2-3H3. The van der Waals surface area contributed by atoms with Crippen LogP contribution in [0.2, 0.25) is 0 Å². The van der Waals surface area contributed by atoms with Crippen molar-refractivity contribution in [3.63, 3.8) is 0 Å². The molecule has 1 unspecified atom stereocenters. The Morgan fingerprint density at radius 3 is 2.93 bits per heavy atom. The average molecular weight is 223 g/mol. The highest BCUT2D eigenvalue weighted by Crippen LogP contribution is 2.23. The molecule has 1 aromatic rings. The van der Waals surface area contributed by atoms with Crippen LogP contribution >= 0.6 is 11.5 Å². The summed E-state index contributed by atoms with van der Waals surface area (Å²) in [7, 11) is 0. The fourth-order valence-corrected chi connectivity index (χ4v) is 2.23. The van der Waals surface area contributed by atoms with E-state index in [4.69, 9.17) is 6.42 Å². The number of aromatic nitrogens is 2. The van der Waals surface area contributed by atoms with E-state index in [0.29, 0.717) is 6.42 Å². The molecule has 0 aliphatic carbocycles. The maximum absolute atomic E-state index is 5.37. The third-order valence-electron chi connectivity index (χ3n) is 2.20. The van der Waals surface area contributed by atoms with Gasteiger partial charge in [-0.25, -0.2) is 0 Å². The summed E-state index contributed by atoms with van der Waals surface area (Å²) in [5, 5.41) is 7.54. The van der Waals surface area contributed by atoms with E-state index in [1.807, 2.05) is 0 Å².